The van der Waals surface area contributed by atoms with Gasteiger partial charge in [0.25, 0.3) is 0 Å². The van der Waals surface area contributed by atoms with Crippen LogP contribution in [0, 0.1) is 10.1 Å². The average Bonchev–Trinajstić information content (AvgIpc) is 2.82. The van der Waals surface area contributed by atoms with Crippen molar-refractivity contribution < 1.29 is 38.6 Å². The first kappa shape index (κ1) is 27.5. The lowest BCUT2D eigenvalue weighted by atomic mass is 10.2. The van der Waals surface area contributed by atoms with Crippen molar-refractivity contribution in [2.45, 2.75) is 27.0 Å². The molecule has 2 aromatic rings. The van der Waals surface area contributed by atoms with Crippen LogP contribution in [0.5, 0.6) is 11.5 Å². The van der Waals surface area contributed by atoms with Crippen molar-refractivity contribution in [2.75, 3.05) is 39.5 Å². The van der Waals surface area contributed by atoms with E-state index < -0.39 is 16.9 Å². The number of rotatable bonds is 15. The minimum Gasteiger partial charge on any atom is -0.490 e. The molecule has 0 aliphatic rings. The summed E-state index contributed by atoms with van der Waals surface area (Å²) in [6.45, 7) is 3.69. The maximum absolute atomic E-state index is 12.0. The highest BCUT2D eigenvalue weighted by Gasteiger charge is 2.19. The molecule has 0 aromatic heterocycles. The molecule has 0 amide bonds. The maximum atomic E-state index is 12.0. The van der Waals surface area contributed by atoms with Crippen LogP contribution in [0.25, 0.3) is 0 Å². The number of nitro benzene ring substituents is 1. The second-order valence-electron chi connectivity index (χ2n) is 7.28. The lowest BCUT2D eigenvalue weighted by Gasteiger charge is -2.22. The van der Waals surface area contributed by atoms with E-state index in [1.807, 2.05) is 0 Å². The Kier molecular flexibility index (Phi) is 11.4. The fraction of sp³-hybridized carbons (Fsp3) is 0.417. The molecule has 11 nitrogen and oxygen atoms in total. The Bertz CT molecular complexity index is 977. The van der Waals surface area contributed by atoms with Gasteiger partial charge in [-0.1, -0.05) is 18.2 Å². The minimum absolute atomic E-state index is 0.0133. The highest BCUT2D eigenvalue weighted by molar-refractivity contribution is 5.75. The lowest BCUT2D eigenvalue weighted by molar-refractivity contribution is -0.385. The predicted octanol–water partition coefficient (Wildman–Crippen LogP) is 2.47. The van der Waals surface area contributed by atoms with Crippen molar-refractivity contribution in [1.29, 1.82) is 0 Å². The predicted molar refractivity (Wildman–Crippen MR) is 125 cm³/mol. The Hall–Kier alpha value is -3.70. The zero-order valence-electron chi connectivity index (χ0n) is 19.8. The number of carbonyl (C=O) groups is 2. The zero-order chi connectivity index (χ0) is 25.6. The molecule has 0 radical (unpaired) electrons. The van der Waals surface area contributed by atoms with Crippen LogP contribution in [0.4, 0.5) is 5.69 Å². The van der Waals surface area contributed by atoms with Crippen LogP contribution in [-0.2, 0) is 32.2 Å². The fourth-order valence-corrected chi connectivity index (χ4v) is 3.19. The number of aliphatic hydroxyl groups excluding tert-OH is 1. The third-order valence-corrected chi connectivity index (χ3v) is 4.68. The molecule has 190 valence electrons. The summed E-state index contributed by atoms with van der Waals surface area (Å²) in [7, 11) is 0. The van der Waals surface area contributed by atoms with Gasteiger partial charge in [0.05, 0.1) is 37.8 Å². The third kappa shape index (κ3) is 9.22. The molecule has 0 unspecified atom stereocenters. The van der Waals surface area contributed by atoms with Gasteiger partial charge in [-0.05, 0) is 37.6 Å². The van der Waals surface area contributed by atoms with E-state index in [-0.39, 0.29) is 64.1 Å². The number of para-hydroxylation sites is 1. The summed E-state index contributed by atoms with van der Waals surface area (Å²) in [6.07, 6.45) is 0. The number of nitro groups is 1. The van der Waals surface area contributed by atoms with Crippen LogP contribution in [0.2, 0.25) is 0 Å². The van der Waals surface area contributed by atoms with E-state index >= 15 is 0 Å². The number of esters is 2. The molecular weight excluding hydrogens is 460 g/mol. The number of hydrogen-bond donors (Lipinski definition) is 1. The van der Waals surface area contributed by atoms with Crippen molar-refractivity contribution in [3.05, 3.63) is 63.7 Å². The molecule has 0 heterocycles. The highest BCUT2D eigenvalue weighted by Crippen LogP contribution is 2.28. The van der Waals surface area contributed by atoms with Gasteiger partial charge in [-0.2, -0.15) is 0 Å². The van der Waals surface area contributed by atoms with Gasteiger partial charge in [0.15, 0.2) is 5.75 Å². The molecule has 0 bridgehead atoms. The van der Waals surface area contributed by atoms with E-state index in [2.05, 4.69) is 0 Å². The molecule has 0 fully saturated rings. The first-order valence-electron chi connectivity index (χ1n) is 11.1. The molecule has 0 aliphatic heterocycles. The standard InChI is InChI=1S/C24H30N2O9/c1-3-32-23(28)15-25(16-24(29)33-4-2)14-19-7-5-6-8-21(19)34-11-12-35-22-13-18(17-27)9-10-20(22)26(30)31/h5-10,13,27H,3-4,11-12,14-17H2,1-2H3. The minimum atomic E-state index is -0.561. The summed E-state index contributed by atoms with van der Waals surface area (Å²) in [5, 5.41) is 20.5. The van der Waals surface area contributed by atoms with Gasteiger partial charge >= 0.3 is 17.6 Å². The van der Waals surface area contributed by atoms with E-state index in [0.29, 0.717) is 16.9 Å². The Morgan fingerprint density at radius 1 is 0.943 bits per heavy atom. The van der Waals surface area contributed by atoms with Gasteiger partial charge in [-0.3, -0.25) is 24.6 Å². The van der Waals surface area contributed by atoms with E-state index in [1.54, 1.807) is 43.0 Å². The summed E-state index contributed by atoms with van der Waals surface area (Å²) in [5.41, 5.74) is 0.991. The highest BCUT2D eigenvalue weighted by atomic mass is 16.6. The SMILES string of the molecule is CCOC(=O)CN(CC(=O)OCC)Cc1ccccc1OCCOc1cc(CO)ccc1[N+](=O)[O-]. The summed E-state index contributed by atoms with van der Waals surface area (Å²) in [6, 6.07) is 11.3. The number of hydrogen-bond acceptors (Lipinski definition) is 10. The number of ether oxygens (including phenoxy) is 4. The quantitative estimate of drug-likeness (QED) is 0.171. The molecular formula is C24H30N2O9. The monoisotopic (exact) mass is 490 g/mol. The molecule has 0 saturated carbocycles. The summed E-state index contributed by atoms with van der Waals surface area (Å²) in [5.74, 6) is -0.383. The second-order valence-corrected chi connectivity index (χ2v) is 7.28. The summed E-state index contributed by atoms with van der Waals surface area (Å²) >= 11 is 0. The first-order chi connectivity index (χ1) is 16.9. The number of nitrogens with zero attached hydrogens (tertiary/aromatic N) is 2. The normalized spacial score (nSPS) is 10.6. The molecule has 1 N–H and O–H groups in total. The third-order valence-electron chi connectivity index (χ3n) is 4.68. The van der Waals surface area contributed by atoms with Crippen molar-refractivity contribution in [2.24, 2.45) is 0 Å². The van der Waals surface area contributed by atoms with Crippen LogP contribution in [0.15, 0.2) is 42.5 Å². The Morgan fingerprint density at radius 2 is 1.54 bits per heavy atom. The van der Waals surface area contributed by atoms with Gasteiger partial charge in [0.2, 0.25) is 0 Å². The van der Waals surface area contributed by atoms with Crippen LogP contribution in [-0.4, -0.2) is 66.4 Å². The maximum Gasteiger partial charge on any atom is 0.320 e. The molecule has 2 rings (SSSR count). The van der Waals surface area contributed by atoms with Gasteiger partial charge in [-0.15, -0.1) is 0 Å². The average molecular weight is 491 g/mol. The number of carbonyl (C=O) groups excluding carboxylic acids is 2. The second kappa shape index (κ2) is 14.5. The summed E-state index contributed by atoms with van der Waals surface area (Å²) in [4.78, 5) is 36.3. The molecule has 0 spiro atoms. The lowest BCUT2D eigenvalue weighted by Crippen LogP contribution is -2.35. The van der Waals surface area contributed by atoms with Crippen LogP contribution in [0.1, 0.15) is 25.0 Å². The smallest absolute Gasteiger partial charge is 0.320 e. The molecule has 0 atom stereocenters. The van der Waals surface area contributed by atoms with Gasteiger partial charge in [-0.25, -0.2) is 0 Å². The largest absolute Gasteiger partial charge is 0.490 e. The van der Waals surface area contributed by atoms with Crippen molar-refractivity contribution in [1.82, 2.24) is 4.90 Å². The summed E-state index contributed by atoms with van der Waals surface area (Å²) < 4.78 is 21.4. The van der Waals surface area contributed by atoms with E-state index in [9.17, 15) is 24.8 Å². The van der Waals surface area contributed by atoms with E-state index in [4.69, 9.17) is 18.9 Å². The zero-order valence-corrected chi connectivity index (χ0v) is 19.8. The van der Waals surface area contributed by atoms with Crippen molar-refractivity contribution in [3.63, 3.8) is 0 Å². The molecule has 35 heavy (non-hydrogen) atoms. The molecule has 0 saturated heterocycles. The Labute approximate surface area is 203 Å². The molecule has 11 heteroatoms. The van der Waals surface area contributed by atoms with Crippen LogP contribution < -0.4 is 9.47 Å². The molecule has 2 aromatic carbocycles. The number of benzene rings is 2. The van der Waals surface area contributed by atoms with Gasteiger partial charge in [0.1, 0.15) is 19.0 Å². The van der Waals surface area contributed by atoms with Gasteiger partial charge in [0, 0.05) is 18.2 Å². The van der Waals surface area contributed by atoms with Crippen molar-refractivity contribution >= 4 is 17.6 Å². The topological polar surface area (TPSA) is 138 Å². The Balaban J connectivity index is 2.04. The van der Waals surface area contributed by atoms with Crippen molar-refractivity contribution in [3.8, 4) is 11.5 Å². The first-order valence-corrected chi connectivity index (χ1v) is 11.1. The number of aliphatic hydroxyl groups is 1. The van der Waals surface area contributed by atoms with E-state index in [0.717, 1.165) is 0 Å². The van der Waals surface area contributed by atoms with Crippen LogP contribution >= 0.6 is 0 Å². The molecule has 0 aliphatic carbocycles. The Morgan fingerprint density at radius 3 is 2.11 bits per heavy atom. The van der Waals surface area contributed by atoms with Gasteiger partial charge < -0.3 is 24.1 Å². The van der Waals surface area contributed by atoms with E-state index in [1.165, 1.54) is 18.2 Å². The van der Waals surface area contributed by atoms with Crippen LogP contribution in [0.3, 0.4) is 0 Å². The fourth-order valence-electron chi connectivity index (χ4n) is 3.19.